The van der Waals surface area contributed by atoms with Crippen molar-refractivity contribution in [3.8, 4) is 5.75 Å². The van der Waals surface area contributed by atoms with Gasteiger partial charge in [-0.1, -0.05) is 75.5 Å². The third kappa shape index (κ3) is 8.13. The number of anilines is 1. The summed E-state index contributed by atoms with van der Waals surface area (Å²) in [5, 5.41) is 7.33. The van der Waals surface area contributed by atoms with Gasteiger partial charge >= 0.3 is 5.97 Å². The van der Waals surface area contributed by atoms with Crippen LogP contribution in [0.3, 0.4) is 0 Å². The Morgan fingerprint density at radius 1 is 0.850 bits per heavy atom. The van der Waals surface area contributed by atoms with Crippen molar-refractivity contribution in [1.82, 2.24) is 5.43 Å². The Morgan fingerprint density at radius 3 is 2.42 bits per heavy atom. The van der Waals surface area contributed by atoms with Gasteiger partial charge in [-0.05, 0) is 66.2 Å². The fraction of sp³-hybridized carbons (Fsp3) is 0. The van der Waals surface area contributed by atoms with Gasteiger partial charge in [0.1, 0.15) is 5.75 Å². The molecule has 10 heteroatoms. The van der Waals surface area contributed by atoms with E-state index in [4.69, 9.17) is 27.9 Å². The molecule has 2 N–H and O–H groups in total. The fourth-order valence-corrected chi connectivity index (χ4v) is 4.29. The molecular formula is C30H20BrCl2N3O4. The van der Waals surface area contributed by atoms with Crippen LogP contribution in [0, 0.1) is 0 Å². The van der Waals surface area contributed by atoms with E-state index in [2.05, 4.69) is 31.8 Å². The molecule has 40 heavy (non-hydrogen) atoms. The monoisotopic (exact) mass is 635 g/mol. The molecule has 4 aromatic carbocycles. The van der Waals surface area contributed by atoms with Crippen LogP contribution < -0.4 is 15.5 Å². The van der Waals surface area contributed by atoms with E-state index >= 15 is 0 Å². The summed E-state index contributed by atoms with van der Waals surface area (Å²) in [6, 6.07) is 25.2. The smallest absolute Gasteiger partial charge is 0.336 e. The van der Waals surface area contributed by atoms with Crippen LogP contribution in [0.25, 0.3) is 6.08 Å². The van der Waals surface area contributed by atoms with Crippen LogP contribution in [0.15, 0.2) is 107 Å². The minimum absolute atomic E-state index is 0.207. The second-order valence-corrected chi connectivity index (χ2v) is 9.96. The van der Waals surface area contributed by atoms with Gasteiger partial charge in [0.25, 0.3) is 11.8 Å². The average Bonchev–Trinajstić information content (AvgIpc) is 2.94. The number of hydrogen-bond donors (Lipinski definition) is 2. The first-order chi connectivity index (χ1) is 19.3. The molecule has 0 aliphatic rings. The Labute approximate surface area is 248 Å². The number of hydrogen-bond acceptors (Lipinski definition) is 5. The number of esters is 1. The summed E-state index contributed by atoms with van der Waals surface area (Å²) in [6.07, 6.45) is 4.34. The number of ether oxygens (including phenoxy) is 1. The highest BCUT2D eigenvalue weighted by Gasteiger charge is 2.13. The topological polar surface area (TPSA) is 96.9 Å². The van der Waals surface area contributed by atoms with Gasteiger partial charge in [-0.3, -0.25) is 9.59 Å². The van der Waals surface area contributed by atoms with Gasteiger partial charge in [0, 0.05) is 32.4 Å². The highest BCUT2D eigenvalue weighted by molar-refractivity contribution is 9.10. The van der Waals surface area contributed by atoms with Gasteiger partial charge in [0.2, 0.25) is 0 Å². The molecule has 2 amide bonds. The lowest BCUT2D eigenvalue weighted by Crippen LogP contribution is -2.18. The predicted molar refractivity (Wildman–Crippen MR) is 161 cm³/mol. The third-order valence-electron chi connectivity index (χ3n) is 5.32. The number of hydrazone groups is 1. The molecule has 0 fully saturated rings. The molecular weight excluding hydrogens is 617 g/mol. The maximum Gasteiger partial charge on any atom is 0.336 e. The summed E-state index contributed by atoms with van der Waals surface area (Å²) >= 11 is 15.4. The summed E-state index contributed by atoms with van der Waals surface area (Å²) in [7, 11) is 0. The Bertz CT molecular complexity index is 1620. The SMILES string of the molecule is O=C(/C=C/c1ccccc1)Oc1ccc(Br)cc1C=NNC(=O)c1cccc(NC(=O)c2ccc(Cl)cc2Cl)c1. The molecule has 7 nitrogen and oxygen atoms in total. The van der Waals surface area contributed by atoms with Gasteiger partial charge in [0.15, 0.2) is 0 Å². The van der Waals surface area contributed by atoms with Gasteiger partial charge in [0.05, 0.1) is 16.8 Å². The van der Waals surface area contributed by atoms with Crippen LogP contribution in [-0.4, -0.2) is 24.0 Å². The van der Waals surface area contributed by atoms with E-state index in [1.54, 1.807) is 48.5 Å². The summed E-state index contributed by atoms with van der Waals surface area (Å²) in [5.74, 6) is -1.28. The summed E-state index contributed by atoms with van der Waals surface area (Å²) < 4.78 is 6.19. The van der Waals surface area contributed by atoms with E-state index in [1.165, 1.54) is 30.5 Å². The quantitative estimate of drug-likeness (QED) is 0.0693. The Morgan fingerprint density at radius 2 is 1.65 bits per heavy atom. The van der Waals surface area contributed by atoms with Crippen molar-refractivity contribution in [2.75, 3.05) is 5.32 Å². The number of halogens is 3. The van der Waals surface area contributed by atoms with Gasteiger partial charge in [-0.15, -0.1) is 0 Å². The Kier molecular flexibility index (Phi) is 9.86. The molecule has 0 aromatic heterocycles. The number of rotatable bonds is 8. The zero-order valence-electron chi connectivity index (χ0n) is 20.6. The Hall–Kier alpha value is -4.24. The van der Waals surface area contributed by atoms with E-state index in [9.17, 15) is 14.4 Å². The van der Waals surface area contributed by atoms with Crippen molar-refractivity contribution in [3.05, 3.63) is 134 Å². The number of nitrogens with one attached hydrogen (secondary N) is 2. The van der Waals surface area contributed by atoms with E-state index in [0.717, 1.165) is 10.0 Å². The highest BCUT2D eigenvalue weighted by Crippen LogP contribution is 2.23. The molecule has 200 valence electrons. The number of benzene rings is 4. The molecule has 0 heterocycles. The van der Waals surface area contributed by atoms with Crippen molar-refractivity contribution in [1.29, 1.82) is 0 Å². The lowest BCUT2D eigenvalue weighted by Gasteiger charge is -2.09. The minimum Gasteiger partial charge on any atom is -0.423 e. The van der Waals surface area contributed by atoms with E-state index in [0.29, 0.717) is 16.3 Å². The first-order valence-electron chi connectivity index (χ1n) is 11.7. The van der Waals surface area contributed by atoms with Crippen LogP contribution in [0.2, 0.25) is 10.0 Å². The molecule has 0 saturated carbocycles. The number of carbonyl (C=O) groups is 3. The van der Waals surface area contributed by atoms with E-state index < -0.39 is 17.8 Å². The van der Waals surface area contributed by atoms with Crippen LogP contribution in [0.1, 0.15) is 31.8 Å². The molecule has 0 spiro atoms. The van der Waals surface area contributed by atoms with Crippen LogP contribution in [0.5, 0.6) is 5.75 Å². The summed E-state index contributed by atoms with van der Waals surface area (Å²) in [6.45, 7) is 0. The predicted octanol–water partition coefficient (Wildman–Crippen LogP) is 7.39. The fourth-order valence-electron chi connectivity index (χ4n) is 3.42. The molecule has 0 bridgehead atoms. The Balaban J connectivity index is 1.40. The van der Waals surface area contributed by atoms with Crippen molar-refractivity contribution in [2.45, 2.75) is 0 Å². The van der Waals surface area contributed by atoms with Crippen LogP contribution in [-0.2, 0) is 4.79 Å². The van der Waals surface area contributed by atoms with Crippen molar-refractivity contribution >= 4 is 74.9 Å². The average molecular weight is 637 g/mol. The molecule has 4 rings (SSSR count). The first kappa shape index (κ1) is 28.8. The standard InChI is InChI=1S/C30H20BrCl2N3O4/c31-22-10-13-27(40-28(37)14-9-19-5-2-1-3-6-19)21(15-22)18-34-36-29(38)20-7-4-8-24(16-20)35-30(39)25-12-11-23(32)17-26(25)33/h1-18H,(H,35,39)(H,36,38)/b14-9+,34-18?. The summed E-state index contributed by atoms with van der Waals surface area (Å²) in [4.78, 5) is 37.6. The maximum absolute atomic E-state index is 12.7. The molecule has 0 aliphatic heterocycles. The molecule has 0 unspecified atom stereocenters. The summed E-state index contributed by atoms with van der Waals surface area (Å²) in [5.41, 5.74) is 4.63. The van der Waals surface area contributed by atoms with Crippen LogP contribution >= 0.6 is 39.1 Å². The van der Waals surface area contributed by atoms with Gasteiger partial charge < -0.3 is 10.1 Å². The molecule has 4 aromatic rings. The van der Waals surface area contributed by atoms with Crippen molar-refractivity contribution in [3.63, 3.8) is 0 Å². The molecule has 0 saturated heterocycles. The highest BCUT2D eigenvalue weighted by atomic mass is 79.9. The zero-order valence-corrected chi connectivity index (χ0v) is 23.7. The van der Waals surface area contributed by atoms with Crippen molar-refractivity contribution < 1.29 is 19.1 Å². The molecule has 0 radical (unpaired) electrons. The lowest BCUT2D eigenvalue weighted by atomic mass is 10.1. The third-order valence-corrected chi connectivity index (χ3v) is 6.36. The van der Waals surface area contributed by atoms with E-state index in [-0.39, 0.29) is 21.9 Å². The lowest BCUT2D eigenvalue weighted by molar-refractivity contribution is -0.128. The van der Waals surface area contributed by atoms with Crippen molar-refractivity contribution in [2.24, 2.45) is 5.10 Å². The normalized spacial score (nSPS) is 11.0. The van der Waals surface area contributed by atoms with Gasteiger partial charge in [-0.2, -0.15) is 5.10 Å². The largest absolute Gasteiger partial charge is 0.423 e. The first-order valence-corrected chi connectivity index (χ1v) is 13.3. The minimum atomic E-state index is -0.566. The number of amides is 2. The zero-order chi connectivity index (χ0) is 28.5. The number of carbonyl (C=O) groups excluding carboxylic acids is 3. The molecule has 0 aliphatic carbocycles. The second-order valence-electron chi connectivity index (χ2n) is 8.21. The number of nitrogens with zero attached hydrogens (tertiary/aromatic N) is 1. The second kappa shape index (κ2) is 13.7. The van der Waals surface area contributed by atoms with Gasteiger partial charge in [-0.25, -0.2) is 10.2 Å². The van der Waals surface area contributed by atoms with E-state index in [1.807, 2.05) is 30.3 Å². The maximum atomic E-state index is 12.7. The van der Waals surface area contributed by atoms with Crippen LogP contribution in [0.4, 0.5) is 5.69 Å². The molecule has 0 atom stereocenters.